The highest BCUT2D eigenvalue weighted by Gasteiger charge is 2.21. The molecule has 102 valence electrons. The molecule has 3 N–H and O–H groups in total. The first-order chi connectivity index (χ1) is 9.08. The summed E-state index contributed by atoms with van der Waals surface area (Å²) in [4.78, 5) is 4.36. The maximum Gasteiger partial charge on any atom is 0.0737 e. The van der Waals surface area contributed by atoms with Gasteiger partial charge in [0.2, 0.25) is 0 Å². The molecular formula is C15H20ClN3. The van der Waals surface area contributed by atoms with Gasteiger partial charge in [0.25, 0.3) is 0 Å². The molecule has 0 aliphatic rings. The van der Waals surface area contributed by atoms with Crippen LogP contribution < -0.4 is 11.1 Å². The van der Waals surface area contributed by atoms with Crippen molar-refractivity contribution in [1.29, 1.82) is 0 Å². The lowest BCUT2D eigenvalue weighted by molar-refractivity contribution is 0.464. The SMILES string of the molecule is CCC(C)(CCN)Nc1ccnc2cc(Cl)ccc12. The van der Waals surface area contributed by atoms with Crippen molar-refractivity contribution in [3.63, 3.8) is 0 Å². The topological polar surface area (TPSA) is 50.9 Å². The number of rotatable bonds is 5. The van der Waals surface area contributed by atoms with E-state index in [0.29, 0.717) is 11.6 Å². The lowest BCUT2D eigenvalue weighted by atomic mass is 9.94. The Kier molecular flexibility index (Phi) is 4.27. The highest BCUT2D eigenvalue weighted by molar-refractivity contribution is 6.31. The molecule has 19 heavy (non-hydrogen) atoms. The summed E-state index contributed by atoms with van der Waals surface area (Å²) in [5.74, 6) is 0. The molecule has 1 unspecified atom stereocenters. The van der Waals surface area contributed by atoms with Gasteiger partial charge in [0.15, 0.2) is 0 Å². The van der Waals surface area contributed by atoms with Crippen LogP contribution in [0.5, 0.6) is 0 Å². The molecule has 4 heteroatoms. The summed E-state index contributed by atoms with van der Waals surface area (Å²) in [6.07, 6.45) is 3.75. The molecule has 2 aromatic rings. The van der Waals surface area contributed by atoms with Gasteiger partial charge in [-0.15, -0.1) is 0 Å². The number of fused-ring (bicyclic) bond motifs is 1. The molecule has 0 radical (unpaired) electrons. The third kappa shape index (κ3) is 3.17. The fraction of sp³-hybridized carbons (Fsp3) is 0.400. The van der Waals surface area contributed by atoms with Gasteiger partial charge in [0, 0.05) is 27.8 Å². The van der Waals surface area contributed by atoms with E-state index < -0.39 is 0 Å². The van der Waals surface area contributed by atoms with Crippen LogP contribution in [0, 0.1) is 0 Å². The number of halogens is 1. The van der Waals surface area contributed by atoms with Crippen LogP contribution in [0.15, 0.2) is 30.5 Å². The van der Waals surface area contributed by atoms with Gasteiger partial charge in [-0.05, 0) is 50.6 Å². The quantitative estimate of drug-likeness (QED) is 0.874. The molecule has 0 amide bonds. The van der Waals surface area contributed by atoms with Crippen LogP contribution >= 0.6 is 11.6 Å². The molecule has 0 bridgehead atoms. The second-order valence-electron chi connectivity index (χ2n) is 5.10. The number of hydrogen-bond acceptors (Lipinski definition) is 3. The van der Waals surface area contributed by atoms with Crippen LogP contribution in [0.4, 0.5) is 5.69 Å². The van der Waals surface area contributed by atoms with Crippen molar-refractivity contribution in [2.45, 2.75) is 32.2 Å². The summed E-state index contributed by atoms with van der Waals surface area (Å²) in [5.41, 5.74) is 7.70. The van der Waals surface area contributed by atoms with Crippen LogP contribution in [-0.2, 0) is 0 Å². The van der Waals surface area contributed by atoms with E-state index in [4.69, 9.17) is 17.3 Å². The Morgan fingerprint density at radius 1 is 1.37 bits per heavy atom. The monoisotopic (exact) mass is 277 g/mol. The molecule has 0 aliphatic carbocycles. The molecule has 0 fully saturated rings. The van der Waals surface area contributed by atoms with Crippen molar-refractivity contribution in [2.24, 2.45) is 5.73 Å². The van der Waals surface area contributed by atoms with Crippen LogP contribution in [0.25, 0.3) is 10.9 Å². The molecule has 0 saturated carbocycles. The Labute approximate surface area is 119 Å². The van der Waals surface area contributed by atoms with E-state index >= 15 is 0 Å². The normalized spacial score (nSPS) is 14.3. The molecular weight excluding hydrogens is 258 g/mol. The Bertz CT molecular complexity index is 570. The van der Waals surface area contributed by atoms with Gasteiger partial charge >= 0.3 is 0 Å². The summed E-state index contributed by atoms with van der Waals surface area (Å²) in [7, 11) is 0. The van der Waals surface area contributed by atoms with E-state index in [1.54, 1.807) is 6.20 Å². The number of hydrogen-bond donors (Lipinski definition) is 2. The van der Waals surface area contributed by atoms with Crippen molar-refractivity contribution >= 4 is 28.2 Å². The van der Waals surface area contributed by atoms with E-state index in [2.05, 4.69) is 24.1 Å². The van der Waals surface area contributed by atoms with E-state index in [-0.39, 0.29) is 5.54 Å². The molecule has 3 nitrogen and oxygen atoms in total. The molecule has 1 heterocycles. The zero-order valence-electron chi connectivity index (χ0n) is 11.4. The first-order valence-electron chi connectivity index (χ1n) is 6.60. The third-order valence-corrected chi connectivity index (χ3v) is 3.85. The number of pyridine rings is 1. The van der Waals surface area contributed by atoms with Crippen LogP contribution in [0.3, 0.4) is 0 Å². The first kappa shape index (κ1) is 14.1. The maximum absolute atomic E-state index is 6.00. The van der Waals surface area contributed by atoms with Crippen LogP contribution in [0.2, 0.25) is 5.02 Å². The Morgan fingerprint density at radius 2 is 2.16 bits per heavy atom. The standard InChI is InChI=1S/C15H20ClN3/c1-3-15(2,7-8-17)19-13-6-9-18-14-10-11(16)4-5-12(13)14/h4-6,9-10H,3,7-8,17H2,1-2H3,(H,18,19). The molecule has 1 aromatic heterocycles. The minimum Gasteiger partial charge on any atom is -0.379 e. The van der Waals surface area contributed by atoms with Crippen molar-refractivity contribution in [2.75, 3.05) is 11.9 Å². The van der Waals surface area contributed by atoms with E-state index in [0.717, 1.165) is 29.4 Å². The minimum atomic E-state index is 0.00265. The number of nitrogens with one attached hydrogen (secondary N) is 1. The van der Waals surface area contributed by atoms with E-state index in [1.807, 2.05) is 24.3 Å². The highest BCUT2D eigenvalue weighted by atomic mass is 35.5. The summed E-state index contributed by atoms with van der Waals surface area (Å²) >= 11 is 6.00. The summed E-state index contributed by atoms with van der Waals surface area (Å²) in [5, 5.41) is 5.40. The summed E-state index contributed by atoms with van der Waals surface area (Å²) in [6.45, 7) is 5.04. The predicted octanol–water partition coefficient (Wildman–Crippen LogP) is 3.82. The van der Waals surface area contributed by atoms with Gasteiger partial charge in [0.05, 0.1) is 5.52 Å². The molecule has 0 saturated heterocycles. The Hall–Kier alpha value is -1.32. The lowest BCUT2D eigenvalue weighted by Crippen LogP contribution is -2.36. The highest BCUT2D eigenvalue weighted by Crippen LogP contribution is 2.28. The second kappa shape index (κ2) is 5.76. The van der Waals surface area contributed by atoms with Gasteiger partial charge in [-0.2, -0.15) is 0 Å². The van der Waals surface area contributed by atoms with Crippen molar-refractivity contribution < 1.29 is 0 Å². The van der Waals surface area contributed by atoms with Crippen LogP contribution in [0.1, 0.15) is 26.7 Å². The summed E-state index contributed by atoms with van der Waals surface area (Å²) < 4.78 is 0. The number of nitrogens with two attached hydrogens (primary N) is 1. The number of aromatic nitrogens is 1. The van der Waals surface area contributed by atoms with Gasteiger partial charge in [-0.3, -0.25) is 4.98 Å². The van der Waals surface area contributed by atoms with Gasteiger partial charge in [-0.1, -0.05) is 18.5 Å². The second-order valence-corrected chi connectivity index (χ2v) is 5.53. The van der Waals surface area contributed by atoms with Crippen molar-refractivity contribution in [3.8, 4) is 0 Å². The third-order valence-electron chi connectivity index (χ3n) is 3.62. The van der Waals surface area contributed by atoms with Crippen LogP contribution in [-0.4, -0.2) is 17.1 Å². The van der Waals surface area contributed by atoms with Gasteiger partial charge < -0.3 is 11.1 Å². The molecule has 2 rings (SSSR count). The maximum atomic E-state index is 6.00. The average molecular weight is 278 g/mol. The largest absolute Gasteiger partial charge is 0.379 e. The number of benzene rings is 1. The van der Waals surface area contributed by atoms with E-state index in [9.17, 15) is 0 Å². The average Bonchev–Trinajstić information content (AvgIpc) is 2.39. The summed E-state index contributed by atoms with van der Waals surface area (Å²) in [6, 6.07) is 7.78. The molecule has 1 aromatic carbocycles. The first-order valence-corrected chi connectivity index (χ1v) is 6.98. The lowest BCUT2D eigenvalue weighted by Gasteiger charge is -2.31. The zero-order chi connectivity index (χ0) is 13.9. The van der Waals surface area contributed by atoms with Crippen molar-refractivity contribution in [1.82, 2.24) is 4.98 Å². The number of anilines is 1. The number of nitrogens with zero attached hydrogens (tertiary/aromatic N) is 1. The zero-order valence-corrected chi connectivity index (χ0v) is 12.2. The fourth-order valence-electron chi connectivity index (χ4n) is 2.20. The van der Waals surface area contributed by atoms with Gasteiger partial charge in [0.1, 0.15) is 0 Å². The fourth-order valence-corrected chi connectivity index (χ4v) is 2.37. The Balaban J connectivity index is 2.40. The molecule has 0 spiro atoms. The predicted molar refractivity (Wildman–Crippen MR) is 82.7 cm³/mol. The smallest absolute Gasteiger partial charge is 0.0737 e. The van der Waals surface area contributed by atoms with E-state index in [1.165, 1.54) is 0 Å². The van der Waals surface area contributed by atoms with Gasteiger partial charge in [-0.25, -0.2) is 0 Å². The molecule has 0 aliphatic heterocycles. The minimum absolute atomic E-state index is 0.00265. The molecule has 1 atom stereocenters. The Morgan fingerprint density at radius 3 is 2.84 bits per heavy atom. The van der Waals surface area contributed by atoms with Crippen molar-refractivity contribution in [3.05, 3.63) is 35.5 Å².